The van der Waals surface area contributed by atoms with Crippen LogP contribution in [-0.2, 0) is 26.2 Å². The molecule has 1 atom stereocenters. The molecule has 1 unspecified atom stereocenters. The zero-order valence-corrected chi connectivity index (χ0v) is 16.3. The summed E-state index contributed by atoms with van der Waals surface area (Å²) in [5.41, 5.74) is -5.15. The van der Waals surface area contributed by atoms with E-state index >= 15 is 0 Å². The molecule has 0 aromatic heterocycles. The maximum atomic E-state index is 12.7. The van der Waals surface area contributed by atoms with E-state index in [1.54, 1.807) is 10.8 Å². The summed E-state index contributed by atoms with van der Waals surface area (Å²) in [6.07, 6.45) is 1.37. The Kier molecular flexibility index (Phi) is 6.91. The van der Waals surface area contributed by atoms with Crippen LogP contribution in [0.1, 0.15) is 32.3 Å². The van der Waals surface area contributed by atoms with E-state index < -0.39 is 15.5 Å². The third-order valence-electron chi connectivity index (χ3n) is 4.21. The molecule has 0 bridgehead atoms. The van der Waals surface area contributed by atoms with Gasteiger partial charge in [-0.25, -0.2) is 0 Å². The van der Waals surface area contributed by atoms with Gasteiger partial charge in [0.2, 0.25) is 0 Å². The number of nitrogens with one attached hydrogen (secondary N) is 1. The zero-order chi connectivity index (χ0) is 20.9. The van der Waals surface area contributed by atoms with Crippen LogP contribution in [-0.4, -0.2) is 43.6 Å². The van der Waals surface area contributed by atoms with Crippen LogP contribution in [0.5, 0.6) is 0 Å². The van der Waals surface area contributed by atoms with E-state index in [1.165, 1.54) is 23.1 Å². The Morgan fingerprint density at radius 1 is 1.29 bits per heavy atom. The number of oxime groups is 1. The van der Waals surface area contributed by atoms with Gasteiger partial charge in [0.25, 0.3) is 5.91 Å². The Morgan fingerprint density at radius 3 is 2.57 bits per heavy atom. The molecule has 1 fully saturated rings. The summed E-state index contributed by atoms with van der Waals surface area (Å²) < 4.78 is 62.4. The van der Waals surface area contributed by atoms with Crippen molar-refractivity contribution < 1.29 is 31.2 Å². The van der Waals surface area contributed by atoms with Gasteiger partial charge in [0.1, 0.15) is 12.3 Å². The highest BCUT2D eigenvalue weighted by Gasteiger charge is 2.46. The van der Waals surface area contributed by atoms with E-state index in [0.717, 1.165) is 6.42 Å². The van der Waals surface area contributed by atoms with Gasteiger partial charge >= 0.3 is 15.5 Å². The topological polar surface area (TPSA) is 88.1 Å². The van der Waals surface area contributed by atoms with Crippen molar-refractivity contribution in [2.45, 2.75) is 38.7 Å². The van der Waals surface area contributed by atoms with E-state index in [2.05, 4.69) is 5.16 Å². The van der Waals surface area contributed by atoms with E-state index in [-0.39, 0.29) is 35.3 Å². The number of carbonyl (C=O) groups is 1. The summed E-state index contributed by atoms with van der Waals surface area (Å²) in [4.78, 5) is 19.2. The second kappa shape index (κ2) is 8.80. The van der Waals surface area contributed by atoms with Gasteiger partial charge in [0.05, 0.1) is 5.69 Å². The fraction of sp³-hybridized carbons (Fsp3) is 0.529. The van der Waals surface area contributed by atoms with Gasteiger partial charge in [-0.2, -0.15) is 21.6 Å². The molecule has 7 nitrogen and oxygen atoms in total. The highest BCUT2D eigenvalue weighted by atomic mass is 32.2. The van der Waals surface area contributed by atoms with Crippen molar-refractivity contribution in [3.05, 3.63) is 29.8 Å². The number of rotatable bonds is 8. The standard InChI is InChI=1S/C17H22F3N3O4S/c1-3-9-27-21-15-12(4-2)10-23(16(15)24)11-13-7-5-6-8-14(13)22-28(25,26)17(18,19)20/h5-8,12,22H,3-4,9-11H2,1-2H3/b21-15+. The second-order valence-corrected chi connectivity index (χ2v) is 7.98. The first-order valence-corrected chi connectivity index (χ1v) is 10.2. The average molecular weight is 421 g/mol. The Labute approximate surface area is 161 Å². The number of likely N-dealkylation sites (tertiary alicyclic amines) is 1. The Bertz CT molecular complexity index is 840. The molecule has 1 aliphatic rings. The van der Waals surface area contributed by atoms with Crippen molar-refractivity contribution in [2.75, 3.05) is 17.9 Å². The largest absolute Gasteiger partial charge is 0.516 e. The van der Waals surface area contributed by atoms with Crippen LogP contribution >= 0.6 is 0 Å². The molecule has 1 heterocycles. The second-order valence-electron chi connectivity index (χ2n) is 6.31. The van der Waals surface area contributed by atoms with Crippen molar-refractivity contribution in [3.63, 3.8) is 0 Å². The van der Waals surface area contributed by atoms with Crippen LogP contribution in [0.3, 0.4) is 0 Å². The minimum absolute atomic E-state index is 0.0569. The lowest BCUT2D eigenvalue weighted by Crippen LogP contribution is -2.31. The monoisotopic (exact) mass is 421 g/mol. The van der Waals surface area contributed by atoms with Crippen LogP contribution in [0, 0.1) is 5.92 Å². The quantitative estimate of drug-likeness (QED) is 0.516. The van der Waals surface area contributed by atoms with Crippen LogP contribution in [0.4, 0.5) is 18.9 Å². The fourth-order valence-electron chi connectivity index (χ4n) is 2.72. The molecule has 156 valence electrons. The van der Waals surface area contributed by atoms with E-state index in [0.29, 0.717) is 19.6 Å². The van der Waals surface area contributed by atoms with Crippen LogP contribution < -0.4 is 4.72 Å². The maximum absolute atomic E-state index is 12.7. The average Bonchev–Trinajstić information content (AvgIpc) is 2.91. The van der Waals surface area contributed by atoms with Crippen molar-refractivity contribution in [3.8, 4) is 0 Å². The molecular weight excluding hydrogens is 399 g/mol. The number of sulfonamides is 1. The molecule has 11 heteroatoms. The first-order valence-electron chi connectivity index (χ1n) is 8.76. The molecule has 0 saturated carbocycles. The van der Waals surface area contributed by atoms with Gasteiger partial charge in [-0.05, 0) is 24.5 Å². The van der Waals surface area contributed by atoms with Gasteiger partial charge in [0.15, 0.2) is 0 Å². The molecule has 1 aromatic carbocycles. The van der Waals surface area contributed by atoms with E-state index in [1.807, 2.05) is 13.8 Å². The number of carbonyl (C=O) groups excluding carboxylic acids is 1. The maximum Gasteiger partial charge on any atom is 0.516 e. The SMILES string of the molecule is CCCO/N=C1/C(=O)N(Cc2ccccc2NS(=O)(=O)C(F)(F)F)CC1CC. The lowest BCUT2D eigenvalue weighted by molar-refractivity contribution is -0.123. The molecule has 28 heavy (non-hydrogen) atoms. The molecule has 1 aliphatic heterocycles. The van der Waals surface area contributed by atoms with Gasteiger partial charge in [0, 0.05) is 19.0 Å². The Balaban J connectivity index is 2.23. The first-order chi connectivity index (χ1) is 13.1. The molecule has 2 rings (SSSR count). The minimum atomic E-state index is -5.56. The van der Waals surface area contributed by atoms with Gasteiger partial charge < -0.3 is 9.74 Å². The Morgan fingerprint density at radius 2 is 1.96 bits per heavy atom. The summed E-state index contributed by atoms with van der Waals surface area (Å²) in [6, 6.07) is 5.64. The van der Waals surface area contributed by atoms with Crippen molar-refractivity contribution in [1.29, 1.82) is 0 Å². The summed E-state index contributed by atoms with van der Waals surface area (Å²) in [5.74, 6) is -0.542. The molecule has 1 saturated heterocycles. The summed E-state index contributed by atoms with van der Waals surface area (Å²) >= 11 is 0. The number of para-hydroxylation sites is 1. The third-order valence-corrected chi connectivity index (χ3v) is 5.31. The number of hydrogen-bond donors (Lipinski definition) is 1. The molecule has 1 N–H and O–H groups in total. The number of nitrogens with zero attached hydrogens (tertiary/aromatic N) is 2. The van der Waals surface area contributed by atoms with Crippen molar-refractivity contribution in [1.82, 2.24) is 4.90 Å². The van der Waals surface area contributed by atoms with Gasteiger partial charge in [-0.1, -0.05) is 37.2 Å². The van der Waals surface area contributed by atoms with Crippen molar-refractivity contribution >= 4 is 27.3 Å². The molecule has 1 aromatic rings. The summed E-state index contributed by atoms with van der Waals surface area (Å²) in [6.45, 7) is 4.43. The highest BCUT2D eigenvalue weighted by Crippen LogP contribution is 2.29. The Hall–Kier alpha value is -2.30. The number of benzene rings is 1. The summed E-state index contributed by atoms with van der Waals surface area (Å²) in [5, 5.41) is 3.92. The summed E-state index contributed by atoms with van der Waals surface area (Å²) in [7, 11) is -5.56. The number of hydrogen-bond acceptors (Lipinski definition) is 5. The molecule has 0 spiro atoms. The predicted octanol–water partition coefficient (Wildman–Crippen LogP) is 3.10. The lowest BCUT2D eigenvalue weighted by atomic mass is 10.0. The normalized spacial score (nSPS) is 19.3. The van der Waals surface area contributed by atoms with Crippen LogP contribution in [0.2, 0.25) is 0 Å². The third kappa shape index (κ3) is 4.94. The van der Waals surface area contributed by atoms with Crippen LogP contribution in [0.15, 0.2) is 29.4 Å². The molecule has 0 radical (unpaired) electrons. The minimum Gasteiger partial charge on any atom is -0.395 e. The number of anilines is 1. The predicted molar refractivity (Wildman–Crippen MR) is 97.9 cm³/mol. The van der Waals surface area contributed by atoms with Gasteiger partial charge in [-0.15, -0.1) is 0 Å². The highest BCUT2D eigenvalue weighted by molar-refractivity contribution is 7.93. The zero-order valence-electron chi connectivity index (χ0n) is 15.5. The number of halogens is 3. The van der Waals surface area contributed by atoms with Crippen LogP contribution in [0.25, 0.3) is 0 Å². The lowest BCUT2D eigenvalue weighted by Gasteiger charge is -2.19. The fourth-order valence-corrected chi connectivity index (χ4v) is 3.32. The number of amides is 1. The number of alkyl halides is 3. The van der Waals surface area contributed by atoms with E-state index in [4.69, 9.17) is 4.84 Å². The molecular formula is C17H22F3N3O4S. The van der Waals surface area contributed by atoms with Crippen molar-refractivity contribution in [2.24, 2.45) is 11.1 Å². The van der Waals surface area contributed by atoms with E-state index in [9.17, 15) is 26.4 Å². The molecule has 0 aliphatic carbocycles. The van der Waals surface area contributed by atoms with Gasteiger partial charge in [-0.3, -0.25) is 9.52 Å². The smallest absolute Gasteiger partial charge is 0.395 e. The first kappa shape index (κ1) is 22.0. The molecule has 1 amide bonds.